The van der Waals surface area contributed by atoms with E-state index >= 15 is 0 Å². The summed E-state index contributed by atoms with van der Waals surface area (Å²) in [5.41, 5.74) is 4.05. The number of unbranched alkanes of at least 4 members (excludes halogenated alkanes) is 1. The van der Waals surface area contributed by atoms with Crippen LogP contribution in [0.4, 0.5) is 11.4 Å². The summed E-state index contributed by atoms with van der Waals surface area (Å²) in [6.07, 6.45) is 3.26. The Labute approximate surface area is 143 Å². The van der Waals surface area contributed by atoms with Crippen LogP contribution in [0.15, 0.2) is 70.6 Å². The topological polar surface area (TPSA) is 24.7 Å². The van der Waals surface area contributed by atoms with Crippen LogP contribution < -0.4 is 0 Å². The Morgan fingerprint density at radius 2 is 1.32 bits per heavy atom. The molecule has 0 aliphatic rings. The fraction of sp³-hybridized carbons (Fsp3) is 0.263. The predicted octanol–water partition coefficient (Wildman–Crippen LogP) is 5.74. The molecule has 0 bridgehead atoms. The summed E-state index contributed by atoms with van der Waals surface area (Å²) in [4.78, 5) is 9.47. The predicted molar refractivity (Wildman–Crippen MR) is 92.3 cm³/mol. The van der Waals surface area contributed by atoms with E-state index in [1.165, 1.54) is 0 Å². The van der Waals surface area contributed by atoms with E-state index in [4.69, 9.17) is 9.98 Å². The molecule has 0 saturated carbocycles. The van der Waals surface area contributed by atoms with Gasteiger partial charge >= 0.3 is 0 Å². The van der Waals surface area contributed by atoms with Crippen molar-refractivity contribution in [2.45, 2.75) is 33.1 Å². The van der Waals surface area contributed by atoms with Gasteiger partial charge in [-0.15, -0.1) is 0 Å². The normalized spacial score (nSPS) is 11.9. The zero-order valence-electron chi connectivity index (χ0n) is 13.1. The second kappa shape index (κ2) is 10.1. The van der Waals surface area contributed by atoms with Gasteiger partial charge in [0.25, 0.3) is 0 Å². The Hall–Kier alpha value is -1.73. The van der Waals surface area contributed by atoms with Gasteiger partial charge in [-0.25, -0.2) is 0 Å². The van der Waals surface area contributed by atoms with Crippen molar-refractivity contribution in [3.8, 4) is 0 Å². The maximum Gasteiger partial charge on any atom is 0.0633 e. The maximum absolute atomic E-state index is 4.78. The molecular weight excluding hydrogens is 315 g/mol. The second-order valence-corrected chi connectivity index (χ2v) is 5.03. The molecule has 0 aliphatic carbocycles. The molecule has 0 aromatic heterocycles. The van der Waals surface area contributed by atoms with E-state index in [2.05, 4.69) is 6.92 Å². The van der Waals surface area contributed by atoms with Crippen LogP contribution in [0.3, 0.4) is 0 Å². The molecule has 0 fully saturated rings. The first kappa shape index (κ1) is 18.3. The van der Waals surface area contributed by atoms with Crippen LogP contribution >= 0.6 is 0 Å². The summed E-state index contributed by atoms with van der Waals surface area (Å²) in [5.74, 6) is 0. The third-order valence-electron chi connectivity index (χ3n) is 3.26. The number of benzene rings is 2. The van der Waals surface area contributed by atoms with Crippen molar-refractivity contribution in [2.75, 3.05) is 0 Å². The van der Waals surface area contributed by atoms with E-state index in [9.17, 15) is 0 Å². The SMILES string of the molecule is CCCCC(=Nc1ccccc1)C(C)=Nc1ccccc1.[Ni]. The summed E-state index contributed by atoms with van der Waals surface area (Å²) in [7, 11) is 0. The number of rotatable bonds is 6. The van der Waals surface area contributed by atoms with Crippen LogP contribution in [0.25, 0.3) is 0 Å². The Balaban J connectivity index is 0.00000242. The minimum absolute atomic E-state index is 0. The maximum atomic E-state index is 4.78. The minimum atomic E-state index is 0. The molecule has 0 spiro atoms. The monoisotopic (exact) mass is 336 g/mol. The number of aliphatic imine (C=N–C) groups is 2. The Kier molecular flexibility index (Phi) is 8.39. The van der Waals surface area contributed by atoms with Gasteiger partial charge in [-0.3, -0.25) is 9.98 Å². The van der Waals surface area contributed by atoms with Crippen molar-refractivity contribution in [1.82, 2.24) is 0 Å². The molecule has 0 unspecified atom stereocenters. The molecule has 2 aromatic rings. The van der Waals surface area contributed by atoms with Crippen molar-refractivity contribution >= 4 is 22.8 Å². The summed E-state index contributed by atoms with van der Waals surface area (Å²) < 4.78 is 0. The zero-order valence-corrected chi connectivity index (χ0v) is 14.1. The van der Waals surface area contributed by atoms with Gasteiger partial charge in [0.05, 0.1) is 22.8 Å². The van der Waals surface area contributed by atoms with Crippen LogP contribution in [0, 0.1) is 0 Å². The van der Waals surface area contributed by atoms with Gasteiger partial charge in [0.1, 0.15) is 0 Å². The Bertz CT molecular complexity index is 604. The molecule has 0 amide bonds. The van der Waals surface area contributed by atoms with Crippen molar-refractivity contribution in [3.05, 3.63) is 60.7 Å². The Morgan fingerprint density at radius 1 is 0.818 bits per heavy atom. The molecule has 3 heteroatoms. The zero-order chi connectivity index (χ0) is 14.9. The summed E-state index contributed by atoms with van der Waals surface area (Å²) in [6.45, 7) is 4.24. The molecule has 0 N–H and O–H groups in total. The molecule has 22 heavy (non-hydrogen) atoms. The average molecular weight is 337 g/mol. The van der Waals surface area contributed by atoms with E-state index in [1.807, 2.05) is 67.6 Å². The first-order valence-electron chi connectivity index (χ1n) is 7.53. The fourth-order valence-corrected chi connectivity index (χ4v) is 2.08. The number of hydrogen-bond acceptors (Lipinski definition) is 2. The molecule has 2 nitrogen and oxygen atoms in total. The van der Waals surface area contributed by atoms with E-state index < -0.39 is 0 Å². The summed E-state index contributed by atoms with van der Waals surface area (Å²) in [6, 6.07) is 20.1. The first-order valence-corrected chi connectivity index (χ1v) is 7.53. The van der Waals surface area contributed by atoms with Gasteiger partial charge in [-0.1, -0.05) is 49.7 Å². The number of nitrogens with zero attached hydrogens (tertiary/aromatic N) is 2. The third kappa shape index (κ3) is 5.95. The fourth-order valence-electron chi connectivity index (χ4n) is 2.08. The van der Waals surface area contributed by atoms with Gasteiger partial charge in [0.2, 0.25) is 0 Å². The van der Waals surface area contributed by atoms with Gasteiger partial charge < -0.3 is 0 Å². The Morgan fingerprint density at radius 3 is 1.82 bits per heavy atom. The summed E-state index contributed by atoms with van der Waals surface area (Å²) >= 11 is 0. The molecule has 0 heterocycles. The molecule has 2 rings (SSSR count). The van der Waals surface area contributed by atoms with Crippen LogP contribution in [0.1, 0.15) is 33.1 Å². The van der Waals surface area contributed by atoms with Crippen molar-refractivity contribution in [1.29, 1.82) is 0 Å². The van der Waals surface area contributed by atoms with Gasteiger partial charge in [0, 0.05) is 16.5 Å². The van der Waals surface area contributed by atoms with Crippen molar-refractivity contribution in [3.63, 3.8) is 0 Å². The van der Waals surface area contributed by atoms with Crippen LogP contribution in [0.5, 0.6) is 0 Å². The van der Waals surface area contributed by atoms with E-state index in [0.717, 1.165) is 42.1 Å². The van der Waals surface area contributed by atoms with E-state index in [0.29, 0.717) is 0 Å². The van der Waals surface area contributed by atoms with Crippen LogP contribution in [-0.4, -0.2) is 11.4 Å². The standard InChI is InChI=1S/C19H22N2.Ni/c1-3-4-15-19(21-18-13-9-6-10-14-18)16(2)20-17-11-7-5-8-12-17;/h5-14H,3-4,15H2,1-2H3;. The van der Waals surface area contributed by atoms with Gasteiger partial charge in [-0.2, -0.15) is 0 Å². The molecule has 0 saturated heterocycles. The minimum Gasteiger partial charge on any atom is -0.252 e. The van der Waals surface area contributed by atoms with E-state index in [-0.39, 0.29) is 16.5 Å². The molecule has 118 valence electrons. The molecule has 0 radical (unpaired) electrons. The van der Waals surface area contributed by atoms with Gasteiger partial charge in [0.15, 0.2) is 0 Å². The number of para-hydroxylation sites is 2. The second-order valence-electron chi connectivity index (χ2n) is 5.03. The van der Waals surface area contributed by atoms with E-state index in [1.54, 1.807) is 0 Å². The number of hydrogen-bond donors (Lipinski definition) is 0. The van der Waals surface area contributed by atoms with Crippen molar-refractivity contribution < 1.29 is 16.5 Å². The molecule has 2 aromatic carbocycles. The molecule has 0 aliphatic heterocycles. The first-order chi connectivity index (χ1) is 10.3. The van der Waals surface area contributed by atoms with Crippen LogP contribution in [-0.2, 0) is 16.5 Å². The quantitative estimate of drug-likeness (QED) is 0.474. The largest absolute Gasteiger partial charge is 0.252 e. The summed E-state index contributed by atoms with van der Waals surface area (Å²) in [5, 5.41) is 0. The smallest absolute Gasteiger partial charge is 0.0633 e. The van der Waals surface area contributed by atoms with Crippen molar-refractivity contribution in [2.24, 2.45) is 9.98 Å². The van der Waals surface area contributed by atoms with Crippen LogP contribution in [0.2, 0.25) is 0 Å². The third-order valence-corrected chi connectivity index (χ3v) is 3.26. The molecular formula is C19H22N2Ni. The average Bonchev–Trinajstić information content (AvgIpc) is 2.53. The molecule has 0 atom stereocenters. The van der Waals surface area contributed by atoms with Gasteiger partial charge in [-0.05, 0) is 44.0 Å².